The highest BCUT2D eigenvalue weighted by atomic mass is 16.5. The second-order valence-electron chi connectivity index (χ2n) is 4.76. The summed E-state index contributed by atoms with van der Waals surface area (Å²) in [5, 5.41) is 9.20. The molecule has 1 fully saturated rings. The molecule has 0 bridgehead atoms. The van der Waals surface area contributed by atoms with Crippen molar-refractivity contribution in [3.05, 3.63) is 29.3 Å². The number of benzene rings is 1. The highest BCUT2D eigenvalue weighted by Gasteiger charge is 2.18. The molecule has 6 heteroatoms. The van der Waals surface area contributed by atoms with E-state index in [2.05, 4.69) is 0 Å². The lowest BCUT2D eigenvalue weighted by molar-refractivity contribution is 0.0371. The molecule has 1 aromatic carbocycles. The number of carboxylic acid groups (broad SMARTS) is 1. The molecule has 2 rings (SSSR count). The molecule has 0 amide bonds. The highest BCUT2D eigenvalue weighted by molar-refractivity contribution is 6.01. The lowest BCUT2D eigenvalue weighted by atomic mass is 10.1. The van der Waals surface area contributed by atoms with E-state index < -0.39 is 5.97 Å². The number of morpholine rings is 1. The van der Waals surface area contributed by atoms with Crippen LogP contribution in [-0.2, 0) is 4.74 Å². The van der Waals surface area contributed by atoms with E-state index in [-0.39, 0.29) is 23.6 Å². The standard InChI is InChI=1S/C15H19NO5/c1-2-21-14-4-3-11(9-12(14)15(18)19)13(17)10-16-5-7-20-8-6-16/h3-4,9H,2,5-8,10H2,1H3,(H,18,19). The van der Waals surface area contributed by atoms with Crippen LogP contribution in [0.3, 0.4) is 0 Å². The molecule has 0 spiro atoms. The average Bonchev–Trinajstić information content (AvgIpc) is 2.48. The van der Waals surface area contributed by atoms with Gasteiger partial charge in [-0.2, -0.15) is 0 Å². The van der Waals surface area contributed by atoms with Crippen molar-refractivity contribution >= 4 is 11.8 Å². The minimum atomic E-state index is -1.10. The Kier molecular flexibility index (Phi) is 5.30. The summed E-state index contributed by atoms with van der Waals surface area (Å²) in [6.07, 6.45) is 0. The van der Waals surface area contributed by atoms with Gasteiger partial charge in [-0.3, -0.25) is 9.69 Å². The number of nitrogens with zero attached hydrogens (tertiary/aromatic N) is 1. The molecular weight excluding hydrogens is 274 g/mol. The lowest BCUT2D eigenvalue weighted by Crippen LogP contribution is -2.39. The Morgan fingerprint density at radius 3 is 2.67 bits per heavy atom. The Morgan fingerprint density at radius 2 is 2.05 bits per heavy atom. The molecule has 1 heterocycles. The zero-order valence-electron chi connectivity index (χ0n) is 12.0. The second kappa shape index (κ2) is 7.19. The molecule has 1 aromatic rings. The third kappa shape index (κ3) is 4.03. The number of ether oxygens (including phenoxy) is 2. The number of hydrogen-bond acceptors (Lipinski definition) is 5. The van der Waals surface area contributed by atoms with Crippen LogP contribution in [0.2, 0.25) is 0 Å². The van der Waals surface area contributed by atoms with Crippen LogP contribution in [0.15, 0.2) is 18.2 Å². The molecule has 1 aliphatic rings. The van der Waals surface area contributed by atoms with Crippen molar-refractivity contribution < 1.29 is 24.2 Å². The fourth-order valence-electron chi connectivity index (χ4n) is 2.21. The number of hydrogen-bond donors (Lipinski definition) is 1. The molecule has 114 valence electrons. The van der Waals surface area contributed by atoms with Gasteiger partial charge in [0.25, 0.3) is 0 Å². The van der Waals surface area contributed by atoms with Crippen molar-refractivity contribution in [2.75, 3.05) is 39.5 Å². The maximum Gasteiger partial charge on any atom is 0.339 e. The Balaban J connectivity index is 2.13. The number of carbonyl (C=O) groups excluding carboxylic acids is 1. The molecule has 1 aliphatic heterocycles. The first-order valence-electron chi connectivity index (χ1n) is 6.95. The van der Waals surface area contributed by atoms with E-state index in [1.54, 1.807) is 19.1 Å². The first kappa shape index (κ1) is 15.5. The van der Waals surface area contributed by atoms with E-state index in [0.717, 1.165) is 0 Å². The predicted molar refractivity (Wildman–Crippen MR) is 76.2 cm³/mol. The summed E-state index contributed by atoms with van der Waals surface area (Å²) in [6.45, 7) is 5.11. The van der Waals surface area contributed by atoms with Crippen molar-refractivity contribution in [2.45, 2.75) is 6.92 Å². The first-order chi connectivity index (χ1) is 10.1. The summed E-state index contributed by atoms with van der Waals surface area (Å²) in [6, 6.07) is 4.54. The van der Waals surface area contributed by atoms with Gasteiger partial charge in [-0.1, -0.05) is 0 Å². The van der Waals surface area contributed by atoms with E-state index in [9.17, 15) is 14.7 Å². The molecule has 1 saturated heterocycles. The van der Waals surface area contributed by atoms with Gasteiger partial charge in [0.05, 0.1) is 26.4 Å². The Bertz CT molecular complexity index is 523. The number of aromatic carboxylic acids is 1. The average molecular weight is 293 g/mol. The van der Waals surface area contributed by atoms with Crippen LogP contribution >= 0.6 is 0 Å². The van der Waals surface area contributed by atoms with Gasteiger partial charge in [-0.15, -0.1) is 0 Å². The molecule has 0 atom stereocenters. The normalized spacial score (nSPS) is 15.7. The zero-order valence-corrected chi connectivity index (χ0v) is 12.0. The summed E-state index contributed by atoms with van der Waals surface area (Å²) in [4.78, 5) is 25.5. The molecule has 0 radical (unpaired) electrons. The van der Waals surface area contributed by atoms with Gasteiger partial charge in [0.1, 0.15) is 11.3 Å². The third-order valence-electron chi connectivity index (χ3n) is 3.30. The summed E-state index contributed by atoms with van der Waals surface area (Å²) in [5.74, 6) is -0.908. The van der Waals surface area contributed by atoms with Crippen LogP contribution in [0.1, 0.15) is 27.6 Å². The smallest absolute Gasteiger partial charge is 0.339 e. The van der Waals surface area contributed by atoms with Crippen molar-refractivity contribution in [2.24, 2.45) is 0 Å². The van der Waals surface area contributed by atoms with Crippen LogP contribution in [-0.4, -0.2) is 61.2 Å². The van der Waals surface area contributed by atoms with Crippen molar-refractivity contribution in [1.82, 2.24) is 4.90 Å². The van der Waals surface area contributed by atoms with Crippen molar-refractivity contribution in [1.29, 1.82) is 0 Å². The minimum Gasteiger partial charge on any atom is -0.493 e. The molecule has 6 nitrogen and oxygen atoms in total. The number of ketones is 1. The first-order valence-corrected chi connectivity index (χ1v) is 6.95. The summed E-state index contributed by atoms with van der Waals surface area (Å²) < 4.78 is 10.5. The fourth-order valence-corrected chi connectivity index (χ4v) is 2.21. The molecule has 21 heavy (non-hydrogen) atoms. The Morgan fingerprint density at radius 1 is 1.33 bits per heavy atom. The van der Waals surface area contributed by atoms with Crippen molar-refractivity contribution in [3.63, 3.8) is 0 Å². The summed E-state index contributed by atoms with van der Waals surface area (Å²) in [7, 11) is 0. The molecule has 0 saturated carbocycles. The van der Waals surface area contributed by atoms with Crippen molar-refractivity contribution in [3.8, 4) is 5.75 Å². The van der Waals surface area contributed by atoms with Gasteiger partial charge in [0.2, 0.25) is 0 Å². The molecule has 0 unspecified atom stereocenters. The molecular formula is C15H19NO5. The van der Waals surface area contributed by atoms with Gasteiger partial charge in [-0.25, -0.2) is 4.79 Å². The van der Waals surface area contributed by atoms with E-state index >= 15 is 0 Å². The number of carbonyl (C=O) groups is 2. The third-order valence-corrected chi connectivity index (χ3v) is 3.30. The Labute approximate surface area is 123 Å². The van der Waals surface area contributed by atoms with Gasteiger partial charge in [-0.05, 0) is 25.1 Å². The van der Waals surface area contributed by atoms with Crippen LogP contribution in [0.25, 0.3) is 0 Å². The minimum absolute atomic E-state index is 0.0182. The van der Waals surface area contributed by atoms with E-state index in [1.807, 2.05) is 4.90 Å². The number of carboxylic acids is 1. The molecule has 1 N–H and O–H groups in total. The van der Waals surface area contributed by atoms with Crippen LogP contribution < -0.4 is 4.74 Å². The van der Waals surface area contributed by atoms with Gasteiger partial charge >= 0.3 is 5.97 Å². The van der Waals surface area contributed by atoms with E-state index in [4.69, 9.17) is 9.47 Å². The zero-order chi connectivity index (χ0) is 15.2. The van der Waals surface area contributed by atoms with Gasteiger partial charge in [0, 0.05) is 18.7 Å². The number of Topliss-reactive ketones (excluding diaryl/α,β-unsaturated/α-hetero) is 1. The lowest BCUT2D eigenvalue weighted by Gasteiger charge is -2.25. The maximum atomic E-state index is 12.2. The molecule has 0 aromatic heterocycles. The second-order valence-corrected chi connectivity index (χ2v) is 4.76. The van der Waals surface area contributed by atoms with Crippen LogP contribution in [0, 0.1) is 0 Å². The van der Waals surface area contributed by atoms with Crippen LogP contribution in [0.5, 0.6) is 5.75 Å². The van der Waals surface area contributed by atoms with Gasteiger partial charge < -0.3 is 14.6 Å². The summed E-state index contributed by atoms with van der Waals surface area (Å²) in [5.41, 5.74) is 0.409. The quantitative estimate of drug-likeness (QED) is 0.797. The fraction of sp³-hybridized carbons (Fsp3) is 0.467. The largest absolute Gasteiger partial charge is 0.493 e. The van der Waals surface area contributed by atoms with Gasteiger partial charge in [0.15, 0.2) is 5.78 Å². The predicted octanol–water partition coefficient (Wildman–Crippen LogP) is 1.30. The SMILES string of the molecule is CCOc1ccc(C(=O)CN2CCOCC2)cc1C(=O)O. The van der Waals surface area contributed by atoms with E-state index in [1.165, 1.54) is 6.07 Å². The maximum absolute atomic E-state index is 12.2. The number of rotatable bonds is 6. The monoisotopic (exact) mass is 293 g/mol. The van der Waals surface area contributed by atoms with E-state index in [0.29, 0.717) is 38.5 Å². The topological polar surface area (TPSA) is 76.1 Å². The Hall–Kier alpha value is -1.92. The highest BCUT2D eigenvalue weighted by Crippen LogP contribution is 2.21. The summed E-state index contributed by atoms with van der Waals surface area (Å²) >= 11 is 0. The molecule has 0 aliphatic carbocycles. The van der Waals surface area contributed by atoms with Crippen LogP contribution in [0.4, 0.5) is 0 Å².